The molecule has 0 spiro atoms. The number of hydrogen-bond acceptors (Lipinski definition) is 7. The minimum Gasteiger partial charge on any atom is -0.394 e. The second-order valence-corrected chi connectivity index (χ2v) is 13.5. The first-order chi connectivity index (χ1) is 23.9. The van der Waals surface area contributed by atoms with Crippen LogP contribution in [-0.4, -0.2) is 79.7 Å². The Kier molecular flexibility index (Phi) is 34.9. The van der Waals surface area contributed by atoms with Crippen molar-refractivity contribution >= 4 is 12.2 Å². The fourth-order valence-electron chi connectivity index (χ4n) is 5.68. The molecule has 0 aromatic carbocycles. The van der Waals surface area contributed by atoms with E-state index in [0.29, 0.717) is 17.9 Å². The third kappa shape index (κ3) is 23.8. The minimum atomic E-state index is -0.298. The number of aliphatic hydroxyl groups excluding tert-OH is 1. The average molecular weight is 709 g/mol. The lowest BCUT2D eigenvalue weighted by Crippen LogP contribution is -2.55. The van der Waals surface area contributed by atoms with Crippen LogP contribution in [0.2, 0.25) is 0 Å². The summed E-state index contributed by atoms with van der Waals surface area (Å²) >= 11 is 0. The normalized spacial score (nSPS) is 17.7. The van der Waals surface area contributed by atoms with Gasteiger partial charge in [0, 0.05) is 38.6 Å². The van der Waals surface area contributed by atoms with Gasteiger partial charge >= 0.3 is 0 Å². The number of carbonyl (C=O) groups excluding carboxylic acids is 2. The molecule has 1 saturated carbocycles. The molecular weight excluding hydrogens is 628 g/mol. The van der Waals surface area contributed by atoms with Crippen LogP contribution in [0.25, 0.3) is 0 Å². The Balaban J connectivity index is -0.000000739. The molecule has 3 atom stereocenters. The standard InChI is InChI=1S/C21H41N3O2.C7H14.C6H5NO2.C3H8O.2C2H6/c1-7-9-11-17(14-22-6)23-19(21(3,4)5)20(26)24-13-12-16(10-8-2)18(24)15-25;1-7-5-3-2-4-6-7;8-4-5-2-1-3-6(9)7-5;1-3-4-2;2*1-2/h11,16,18-19,22-23,25H,7-10,12-15H2,1-6H3;7H,2-6H2,1H3;1-4H,(H,7,9);3H2,1-2H3;2*1-2H3/b17-11+;;;;;/t16-,18?,19?;;;;;/m0...../s1. The maximum absolute atomic E-state index is 13.4. The summed E-state index contributed by atoms with van der Waals surface area (Å²) in [6.45, 7) is 25.3. The fourth-order valence-corrected chi connectivity index (χ4v) is 5.68. The highest BCUT2D eigenvalue weighted by atomic mass is 16.5. The fraction of sp³-hybridized carbons (Fsp3) is 0.780. The SMILES string of the molecule is CC.CC.CC1CCCCC1.CCC/C=C(\CNC)NC(C(=O)N1CC[C@H](CCC)C1CO)C(C)(C)C.CCOC.O=Cc1cccc(=O)[nH]1. The second kappa shape index (κ2) is 33.6. The predicted molar refractivity (Wildman–Crippen MR) is 214 cm³/mol. The number of carbonyl (C=O) groups is 2. The van der Waals surface area contributed by atoms with Crippen LogP contribution >= 0.6 is 0 Å². The van der Waals surface area contributed by atoms with Gasteiger partial charge in [-0.05, 0) is 56.6 Å². The maximum atomic E-state index is 13.4. The summed E-state index contributed by atoms with van der Waals surface area (Å²) in [4.78, 5) is 38.1. The number of unbranched alkanes of at least 4 members (excludes halogenated alkanes) is 1. The van der Waals surface area contributed by atoms with Gasteiger partial charge in [-0.2, -0.15) is 0 Å². The van der Waals surface area contributed by atoms with Gasteiger partial charge < -0.3 is 30.4 Å². The maximum Gasteiger partial charge on any atom is 0.248 e. The van der Waals surface area contributed by atoms with Crippen LogP contribution in [0.15, 0.2) is 34.8 Å². The van der Waals surface area contributed by atoms with Crippen molar-refractivity contribution in [2.24, 2.45) is 17.3 Å². The summed E-state index contributed by atoms with van der Waals surface area (Å²) in [6, 6.07) is 4.08. The largest absolute Gasteiger partial charge is 0.394 e. The number of H-pyrrole nitrogens is 1. The van der Waals surface area contributed by atoms with Gasteiger partial charge in [0.05, 0.1) is 18.3 Å². The monoisotopic (exact) mass is 709 g/mol. The molecule has 2 unspecified atom stereocenters. The number of aromatic amines is 1. The van der Waals surface area contributed by atoms with E-state index in [1.807, 2.05) is 46.6 Å². The number of hydrogen-bond donors (Lipinski definition) is 4. The number of aldehydes is 1. The summed E-state index contributed by atoms with van der Waals surface area (Å²) in [6.07, 6.45) is 15.5. The lowest BCUT2D eigenvalue weighted by molar-refractivity contribution is -0.138. The molecule has 9 heteroatoms. The van der Waals surface area contributed by atoms with Crippen LogP contribution in [0, 0.1) is 17.3 Å². The van der Waals surface area contributed by atoms with Crippen molar-refractivity contribution in [3.63, 3.8) is 0 Å². The molecule has 2 heterocycles. The van der Waals surface area contributed by atoms with Crippen LogP contribution in [0.3, 0.4) is 0 Å². The second-order valence-electron chi connectivity index (χ2n) is 13.5. The highest BCUT2D eigenvalue weighted by Gasteiger charge is 2.42. The zero-order valence-corrected chi connectivity index (χ0v) is 34.6. The number of aromatic nitrogens is 1. The topological polar surface area (TPSA) is 124 Å². The summed E-state index contributed by atoms with van der Waals surface area (Å²) < 4.78 is 4.54. The number of amides is 1. The van der Waals surface area contributed by atoms with Crippen molar-refractivity contribution in [1.82, 2.24) is 20.5 Å². The lowest BCUT2D eigenvalue weighted by atomic mass is 9.85. The van der Waals surface area contributed by atoms with Gasteiger partial charge in [0.2, 0.25) is 11.5 Å². The molecule has 2 aliphatic rings. The smallest absolute Gasteiger partial charge is 0.248 e. The van der Waals surface area contributed by atoms with E-state index in [4.69, 9.17) is 0 Å². The molecule has 1 aromatic heterocycles. The molecule has 9 nitrogen and oxygen atoms in total. The van der Waals surface area contributed by atoms with Gasteiger partial charge in [0.15, 0.2) is 6.29 Å². The molecule has 3 rings (SSSR count). The Morgan fingerprint density at radius 2 is 1.66 bits per heavy atom. The average Bonchev–Trinajstić information content (AvgIpc) is 3.54. The predicted octanol–water partition coefficient (Wildman–Crippen LogP) is 8.38. The molecule has 1 amide bonds. The Hall–Kier alpha value is -2.49. The summed E-state index contributed by atoms with van der Waals surface area (Å²) in [5.41, 5.74) is 0.925. The van der Waals surface area contributed by atoms with Crippen LogP contribution < -0.4 is 16.2 Å². The number of methoxy groups -OCH3 is 1. The first-order valence-electron chi connectivity index (χ1n) is 19.6. The third-order valence-electron chi connectivity index (χ3n) is 8.40. The summed E-state index contributed by atoms with van der Waals surface area (Å²) in [7, 11) is 3.60. The van der Waals surface area contributed by atoms with Crippen molar-refractivity contribution in [2.75, 3.05) is 40.5 Å². The van der Waals surface area contributed by atoms with Gasteiger partial charge in [-0.15, -0.1) is 0 Å². The molecular formula is C41H80N4O5. The quantitative estimate of drug-likeness (QED) is 0.161. The van der Waals surface area contributed by atoms with E-state index in [9.17, 15) is 19.5 Å². The minimum absolute atomic E-state index is 0.0403. The van der Waals surface area contributed by atoms with Crippen LogP contribution in [0.1, 0.15) is 151 Å². The Bertz CT molecular complexity index is 1010. The molecule has 1 aromatic rings. The first-order valence-corrected chi connectivity index (χ1v) is 19.6. The van der Waals surface area contributed by atoms with Gasteiger partial charge in [-0.3, -0.25) is 14.4 Å². The molecule has 1 aliphatic heterocycles. The first kappa shape index (κ1) is 51.9. The number of aliphatic hydroxyl groups is 1. The highest BCUT2D eigenvalue weighted by molar-refractivity contribution is 5.83. The summed E-state index contributed by atoms with van der Waals surface area (Å²) in [5.74, 6) is 1.57. The molecule has 0 radical (unpaired) electrons. The number of nitrogens with zero attached hydrogens (tertiary/aromatic N) is 1. The Labute approximate surface area is 307 Å². The van der Waals surface area contributed by atoms with Gasteiger partial charge in [0.1, 0.15) is 6.04 Å². The molecule has 294 valence electrons. The Morgan fingerprint density at radius 1 is 1.06 bits per heavy atom. The van der Waals surface area contributed by atoms with E-state index < -0.39 is 0 Å². The Morgan fingerprint density at radius 3 is 2.04 bits per heavy atom. The zero-order chi connectivity index (χ0) is 39.0. The number of likely N-dealkylation sites (N-methyl/N-ethyl adjacent to an activating group) is 1. The van der Waals surface area contributed by atoms with Gasteiger partial charge in [-0.25, -0.2) is 0 Å². The number of likely N-dealkylation sites (tertiary alicyclic amines) is 1. The number of nitrogens with one attached hydrogen (secondary N) is 3. The van der Waals surface area contributed by atoms with Crippen LogP contribution in [-0.2, 0) is 9.53 Å². The number of rotatable bonds is 12. The van der Waals surface area contributed by atoms with E-state index >= 15 is 0 Å². The van der Waals surface area contributed by atoms with Crippen molar-refractivity contribution in [1.29, 1.82) is 0 Å². The number of pyridine rings is 1. The number of ether oxygens (including phenoxy) is 1. The molecule has 50 heavy (non-hydrogen) atoms. The van der Waals surface area contributed by atoms with Crippen LogP contribution in [0.4, 0.5) is 0 Å². The van der Waals surface area contributed by atoms with Gasteiger partial charge in [0.25, 0.3) is 0 Å². The molecule has 0 bridgehead atoms. The van der Waals surface area contributed by atoms with Crippen molar-refractivity contribution in [3.05, 3.63) is 46.0 Å². The third-order valence-corrected chi connectivity index (χ3v) is 8.40. The lowest BCUT2D eigenvalue weighted by Gasteiger charge is -2.37. The van der Waals surface area contributed by atoms with E-state index in [1.165, 1.54) is 50.3 Å². The van der Waals surface area contributed by atoms with E-state index in [-0.39, 0.29) is 35.6 Å². The van der Waals surface area contributed by atoms with Crippen LogP contribution in [0.5, 0.6) is 0 Å². The van der Waals surface area contributed by atoms with Crippen molar-refractivity contribution < 1.29 is 19.4 Å². The molecule has 2 fully saturated rings. The van der Waals surface area contributed by atoms with Crippen molar-refractivity contribution in [3.8, 4) is 0 Å². The zero-order valence-electron chi connectivity index (χ0n) is 34.6. The van der Waals surface area contributed by atoms with E-state index in [2.05, 4.69) is 68.0 Å². The van der Waals surface area contributed by atoms with E-state index in [1.54, 1.807) is 7.11 Å². The number of allylic oxidation sites excluding steroid dienone is 1. The molecule has 1 aliphatic carbocycles. The van der Waals surface area contributed by atoms with Gasteiger partial charge in [-0.1, -0.05) is 126 Å². The molecule has 1 saturated heterocycles. The highest BCUT2D eigenvalue weighted by Crippen LogP contribution is 2.31. The van der Waals surface area contributed by atoms with Crippen molar-refractivity contribution in [2.45, 2.75) is 152 Å². The molecule has 4 N–H and O–H groups in total. The summed E-state index contributed by atoms with van der Waals surface area (Å²) in [5, 5.41) is 16.6. The van der Waals surface area contributed by atoms with E-state index in [0.717, 1.165) is 63.4 Å².